The van der Waals surface area contributed by atoms with Crippen LogP contribution in [0.4, 0.5) is 0 Å². The Labute approximate surface area is 201 Å². The summed E-state index contributed by atoms with van der Waals surface area (Å²) in [5, 5.41) is 5.32. The van der Waals surface area contributed by atoms with E-state index < -0.39 is 0 Å². The van der Waals surface area contributed by atoms with Crippen LogP contribution in [0, 0.1) is 0 Å². The van der Waals surface area contributed by atoms with Gasteiger partial charge >= 0.3 is 0 Å². The van der Waals surface area contributed by atoms with Crippen LogP contribution in [0.25, 0.3) is 0 Å². The quantitative estimate of drug-likeness (QED) is 0.523. The molecule has 5 rings (SSSR count). The Morgan fingerprint density at radius 1 is 1.00 bits per heavy atom. The number of fused-ring (bicyclic) bond motifs is 1. The van der Waals surface area contributed by atoms with Crippen LogP contribution < -0.4 is 14.2 Å². The van der Waals surface area contributed by atoms with Crippen molar-refractivity contribution >= 4 is 29.1 Å². The van der Waals surface area contributed by atoms with Crippen LogP contribution in [0.5, 0.6) is 17.2 Å². The molecule has 0 aliphatic carbocycles. The van der Waals surface area contributed by atoms with Gasteiger partial charge < -0.3 is 19.1 Å². The fourth-order valence-corrected chi connectivity index (χ4v) is 4.31. The second-order valence-electron chi connectivity index (χ2n) is 7.84. The average molecular weight is 489 g/mol. The van der Waals surface area contributed by atoms with E-state index in [1.807, 2.05) is 17.0 Å². The minimum absolute atomic E-state index is 0.0824. The standard InChI is InChI=1S/C23H22Cl2N4O4/c24-17-2-4-20(18(25)12-17)31-14-29-6-5-19(26-29)23(30)28-9-7-27(8-10-28)13-16-1-3-21-22(11-16)33-15-32-21/h1-6,11-12H,7-10,13-15H2. The smallest absolute Gasteiger partial charge is 0.274 e. The number of ether oxygens (including phenoxy) is 3. The van der Waals surface area contributed by atoms with Crippen molar-refractivity contribution in [1.82, 2.24) is 19.6 Å². The number of aromatic nitrogens is 2. The molecule has 10 heteroatoms. The molecule has 1 fully saturated rings. The summed E-state index contributed by atoms with van der Waals surface area (Å²) in [7, 11) is 0. The molecule has 33 heavy (non-hydrogen) atoms. The molecule has 0 saturated carbocycles. The highest BCUT2D eigenvalue weighted by atomic mass is 35.5. The molecule has 0 radical (unpaired) electrons. The number of rotatable bonds is 6. The van der Waals surface area contributed by atoms with Crippen molar-refractivity contribution in [2.75, 3.05) is 33.0 Å². The SMILES string of the molecule is O=C(c1ccn(COc2ccc(Cl)cc2Cl)n1)N1CCN(Cc2ccc3c(c2)OCO3)CC1. The van der Waals surface area contributed by atoms with Gasteiger partial charge in [-0.3, -0.25) is 9.69 Å². The Morgan fingerprint density at radius 2 is 1.82 bits per heavy atom. The van der Waals surface area contributed by atoms with Crippen LogP contribution in [0.3, 0.4) is 0 Å². The summed E-state index contributed by atoms with van der Waals surface area (Å²) in [5.74, 6) is 2.00. The van der Waals surface area contributed by atoms with Crippen molar-refractivity contribution in [3.63, 3.8) is 0 Å². The normalized spacial score (nSPS) is 15.6. The predicted molar refractivity (Wildman–Crippen MR) is 123 cm³/mol. The van der Waals surface area contributed by atoms with E-state index in [1.165, 1.54) is 5.56 Å². The summed E-state index contributed by atoms with van der Waals surface area (Å²) < 4.78 is 18.1. The molecule has 0 N–H and O–H groups in total. The van der Waals surface area contributed by atoms with Gasteiger partial charge in [0.05, 0.1) is 5.02 Å². The molecule has 0 atom stereocenters. The van der Waals surface area contributed by atoms with E-state index in [9.17, 15) is 4.79 Å². The first-order valence-electron chi connectivity index (χ1n) is 10.6. The van der Waals surface area contributed by atoms with Gasteiger partial charge in [0.25, 0.3) is 5.91 Å². The van der Waals surface area contributed by atoms with Gasteiger partial charge in [0.1, 0.15) is 5.75 Å². The second kappa shape index (κ2) is 9.51. The Hall–Kier alpha value is -2.94. The van der Waals surface area contributed by atoms with Gasteiger partial charge in [0, 0.05) is 43.9 Å². The fourth-order valence-electron chi connectivity index (χ4n) is 3.84. The minimum Gasteiger partial charge on any atom is -0.470 e. The van der Waals surface area contributed by atoms with Crippen LogP contribution in [0.2, 0.25) is 10.0 Å². The molecule has 8 nitrogen and oxygen atoms in total. The lowest BCUT2D eigenvalue weighted by Gasteiger charge is -2.34. The van der Waals surface area contributed by atoms with Crippen molar-refractivity contribution in [3.8, 4) is 17.2 Å². The van der Waals surface area contributed by atoms with Crippen LogP contribution >= 0.6 is 23.2 Å². The molecular formula is C23H22Cl2N4O4. The fraction of sp³-hybridized carbons (Fsp3) is 0.304. The Kier molecular flexibility index (Phi) is 6.30. The third kappa shape index (κ3) is 5.03. The summed E-state index contributed by atoms with van der Waals surface area (Å²) in [5.41, 5.74) is 1.56. The molecule has 2 aliphatic rings. The van der Waals surface area contributed by atoms with Gasteiger partial charge in [-0.05, 0) is 42.0 Å². The van der Waals surface area contributed by atoms with E-state index >= 15 is 0 Å². The van der Waals surface area contributed by atoms with E-state index in [1.54, 1.807) is 35.1 Å². The summed E-state index contributed by atoms with van der Waals surface area (Å²) >= 11 is 12.0. The van der Waals surface area contributed by atoms with Crippen molar-refractivity contribution < 1.29 is 19.0 Å². The first-order valence-corrected chi connectivity index (χ1v) is 11.3. The molecule has 0 unspecified atom stereocenters. The molecule has 1 aromatic heterocycles. The van der Waals surface area contributed by atoms with Crippen molar-refractivity contribution in [3.05, 3.63) is 70.0 Å². The van der Waals surface area contributed by atoms with E-state index in [4.69, 9.17) is 37.4 Å². The monoisotopic (exact) mass is 488 g/mol. The van der Waals surface area contributed by atoms with Crippen LogP contribution in [0.15, 0.2) is 48.7 Å². The number of halogens is 2. The molecule has 1 amide bonds. The van der Waals surface area contributed by atoms with Crippen molar-refractivity contribution in [2.24, 2.45) is 0 Å². The van der Waals surface area contributed by atoms with Gasteiger partial charge in [0.15, 0.2) is 23.9 Å². The lowest BCUT2D eigenvalue weighted by Crippen LogP contribution is -2.48. The minimum atomic E-state index is -0.0824. The summed E-state index contributed by atoms with van der Waals surface area (Å²) in [6.07, 6.45) is 1.72. The molecular weight excluding hydrogens is 467 g/mol. The van der Waals surface area contributed by atoms with Gasteiger partial charge in [-0.1, -0.05) is 29.3 Å². The number of nitrogens with zero attached hydrogens (tertiary/aromatic N) is 4. The van der Waals surface area contributed by atoms with Crippen molar-refractivity contribution in [1.29, 1.82) is 0 Å². The number of hydrogen-bond acceptors (Lipinski definition) is 6. The number of carbonyl (C=O) groups is 1. The summed E-state index contributed by atoms with van der Waals surface area (Å²) in [6, 6.07) is 12.7. The Balaban J connectivity index is 1.12. The van der Waals surface area contributed by atoms with E-state index in [-0.39, 0.29) is 19.4 Å². The van der Waals surface area contributed by atoms with Gasteiger partial charge in [-0.25, -0.2) is 4.68 Å². The lowest BCUT2D eigenvalue weighted by atomic mass is 10.1. The molecule has 3 aromatic rings. The lowest BCUT2D eigenvalue weighted by molar-refractivity contribution is 0.0621. The molecule has 172 valence electrons. The maximum Gasteiger partial charge on any atom is 0.274 e. The Morgan fingerprint density at radius 3 is 2.64 bits per heavy atom. The molecule has 3 heterocycles. The molecule has 0 bridgehead atoms. The zero-order chi connectivity index (χ0) is 22.8. The highest BCUT2D eigenvalue weighted by Crippen LogP contribution is 2.33. The van der Waals surface area contributed by atoms with Gasteiger partial charge in [-0.2, -0.15) is 5.10 Å². The number of benzene rings is 2. The van der Waals surface area contributed by atoms with Gasteiger partial charge in [0.2, 0.25) is 6.79 Å². The molecule has 2 aromatic carbocycles. The van der Waals surface area contributed by atoms with E-state index in [0.717, 1.165) is 31.1 Å². The number of carbonyl (C=O) groups excluding carboxylic acids is 1. The average Bonchev–Trinajstić information content (AvgIpc) is 3.48. The van der Waals surface area contributed by atoms with Gasteiger partial charge in [-0.15, -0.1) is 0 Å². The first kappa shape index (κ1) is 21.9. The van der Waals surface area contributed by atoms with E-state index in [0.29, 0.717) is 34.6 Å². The zero-order valence-corrected chi connectivity index (χ0v) is 19.3. The highest BCUT2D eigenvalue weighted by molar-refractivity contribution is 6.35. The molecule has 2 aliphatic heterocycles. The maximum absolute atomic E-state index is 12.9. The summed E-state index contributed by atoms with van der Waals surface area (Å²) in [4.78, 5) is 17.1. The molecule has 0 spiro atoms. The zero-order valence-electron chi connectivity index (χ0n) is 17.7. The predicted octanol–water partition coefficient (Wildman–Crippen LogP) is 3.91. The largest absolute Gasteiger partial charge is 0.470 e. The third-order valence-corrected chi connectivity index (χ3v) is 6.14. The maximum atomic E-state index is 12.9. The third-order valence-electron chi connectivity index (χ3n) is 5.61. The Bertz CT molecular complexity index is 1160. The topological polar surface area (TPSA) is 69.1 Å². The van der Waals surface area contributed by atoms with Crippen LogP contribution in [0.1, 0.15) is 16.1 Å². The van der Waals surface area contributed by atoms with E-state index in [2.05, 4.69) is 16.1 Å². The van der Waals surface area contributed by atoms with Crippen molar-refractivity contribution in [2.45, 2.75) is 13.3 Å². The number of amides is 1. The molecule has 1 saturated heterocycles. The van der Waals surface area contributed by atoms with Crippen LogP contribution in [-0.4, -0.2) is 58.5 Å². The highest BCUT2D eigenvalue weighted by Gasteiger charge is 2.24. The number of piperazine rings is 1. The summed E-state index contributed by atoms with van der Waals surface area (Å²) in [6.45, 7) is 4.09. The number of hydrogen-bond donors (Lipinski definition) is 0. The van der Waals surface area contributed by atoms with Crippen LogP contribution in [-0.2, 0) is 13.3 Å². The second-order valence-corrected chi connectivity index (χ2v) is 8.69. The first-order chi connectivity index (χ1) is 16.0.